The molecular formula is C27H24N2O6. The number of rotatable bonds is 6. The summed E-state index contributed by atoms with van der Waals surface area (Å²) in [6, 6.07) is 19.2. The zero-order valence-corrected chi connectivity index (χ0v) is 19.4. The third-order valence-corrected chi connectivity index (χ3v) is 5.71. The van der Waals surface area contributed by atoms with E-state index in [1.54, 1.807) is 72.8 Å². The molecule has 0 radical (unpaired) electrons. The number of ether oxygens (including phenoxy) is 2. The normalized spacial score (nSPS) is 16.8. The number of Topliss-reactive ketones (excluding diaryl/α,β-unsaturated/α-hetero) is 1. The summed E-state index contributed by atoms with van der Waals surface area (Å²) >= 11 is 0. The topological polar surface area (TPSA) is 105 Å². The first-order valence-electron chi connectivity index (χ1n) is 10.8. The Kier molecular flexibility index (Phi) is 6.55. The van der Waals surface area contributed by atoms with E-state index in [2.05, 4.69) is 5.32 Å². The summed E-state index contributed by atoms with van der Waals surface area (Å²) in [5, 5.41) is 13.9. The van der Waals surface area contributed by atoms with Crippen LogP contribution in [-0.2, 0) is 14.4 Å². The van der Waals surface area contributed by atoms with Crippen molar-refractivity contribution in [3.63, 3.8) is 0 Å². The summed E-state index contributed by atoms with van der Waals surface area (Å²) in [4.78, 5) is 39.3. The molecule has 1 unspecified atom stereocenters. The lowest BCUT2D eigenvalue weighted by Crippen LogP contribution is -2.29. The molecule has 8 heteroatoms. The lowest BCUT2D eigenvalue weighted by Gasteiger charge is -2.26. The molecule has 1 heterocycles. The number of aliphatic hydroxyl groups excluding tert-OH is 1. The summed E-state index contributed by atoms with van der Waals surface area (Å²) in [6.45, 7) is 1.40. The van der Waals surface area contributed by atoms with E-state index in [9.17, 15) is 19.5 Å². The van der Waals surface area contributed by atoms with Crippen LogP contribution >= 0.6 is 0 Å². The number of nitrogens with one attached hydrogen (secondary N) is 1. The van der Waals surface area contributed by atoms with Crippen LogP contribution in [0.5, 0.6) is 11.5 Å². The van der Waals surface area contributed by atoms with Crippen LogP contribution in [0.1, 0.15) is 24.1 Å². The molecule has 4 rings (SSSR count). The third-order valence-electron chi connectivity index (χ3n) is 5.71. The van der Waals surface area contributed by atoms with E-state index < -0.39 is 17.7 Å². The van der Waals surface area contributed by atoms with Crippen molar-refractivity contribution in [2.24, 2.45) is 0 Å². The second-order valence-electron chi connectivity index (χ2n) is 7.87. The van der Waals surface area contributed by atoms with Crippen LogP contribution in [0, 0.1) is 0 Å². The minimum atomic E-state index is -0.945. The van der Waals surface area contributed by atoms with Gasteiger partial charge in [0.1, 0.15) is 17.3 Å². The fraction of sp³-hybridized carbons (Fsp3) is 0.148. The number of benzene rings is 3. The zero-order chi connectivity index (χ0) is 25.1. The Hall–Kier alpha value is -4.59. The van der Waals surface area contributed by atoms with E-state index in [1.165, 1.54) is 26.0 Å². The molecule has 8 nitrogen and oxygen atoms in total. The number of aliphatic hydroxyl groups is 1. The minimum Gasteiger partial charge on any atom is -0.507 e. The summed E-state index contributed by atoms with van der Waals surface area (Å²) in [5.74, 6) is -1.10. The lowest BCUT2D eigenvalue weighted by atomic mass is 9.94. The molecule has 0 aromatic heterocycles. The predicted octanol–water partition coefficient (Wildman–Crippen LogP) is 4.29. The van der Waals surface area contributed by atoms with Crippen LogP contribution in [0.15, 0.2) is 78.4 Å². The van der Waals surface area contributed by atoms with E-state index in [0.717, 1.165) is 0 Å². The van der Waals surface area contributed by atoms with Gasteiger partial charge < -0.3 is 19.9 Å². The van der Waals surface area contributed by atoms with Gasteiger partial charge in [-0.25, -0.2) is 0 Å². The van der Waals surface area contributed by atoms with Crippen molar-refractivity contribution in [3.8, 4) is 11.5 Å². The molecule has 0 saturated carbocycles. The molecule has 1 aliphatic rings. The van der Waals surface area contributed by atoms with Gasteiger partial charge in [0.2, 0.25) is 5.91 Å². The molecule has 1 fully saturated rings. The fourth-order valence-electron chi connectivity index (χ4n) is 4.10. The second-order valence-corrected chi connectivity index (χ2v) is 7.87. The highest BCUT2D eigenvalue weighted by atomic mass is 16.5. The molecule has 1 atom stereocenters. The summed E-state index contributed by atoms with van der Waals surface area (Å²) in [6.07, 6.45) is 0. The van der Waals surface area contributed by atoms with E-state index in [4.69, 9.17) is 9.47 Å². The van der Waals surface area contributed by atoms with Crippen molar-refractivity contribution in [2.45, 2.75) is 13.0 Å². The van der Waals surface area contributed by atoms with Crippen molar-refractivity contribution >= 4 is 34.7 Å². The quantitative estimate of drug-likeness (QED) is 0.315. The van der Waals surface area contributed by atoms with Crippen LogP contribution in [0.25, 0.3) is 5.76 Å². The average molecular weight is 472 g/mol. The van der Waals surface area contributed by atoms with E-state index in [-0.39, 0.29) is 17.2 Å². The number of carbonyl (C=O) groups excluding carboxylic acids is 3. The molecular weight excluding hydrogens is 448 g/mol. The number of amides is 2. The largest absolute Gasteiger partial charge is 0.507 e. The monoisotopic (exact) mass is 472 g/mol. The van der Waals surface area contributed by atoms with Crippen molar-refractivity contribution in [1.29, 1.82) is 0 Å². The van der Waals surface area contributed by atoms with Gasteiger partial charge in [-0.1, -0.05) is 18.2 Å². The highest BCUT2D eigenvalue weighted by Gasteiger charge is 2.47. The van der Waals surface area contributed by atoms with Gasteiger partial charge >= 0.3 is 0 Å². The third kappa shape index (κ3) is 4.46. The van der Waals surface area contributed by atoms with Gasteiger partial charge in [0.25, 0.3) is 11.7 Å². The second kappa shape index (κ2) is 9.72. The maximum Gasteiger partial charge on any atom is 0.300 e. The number of ketones is 1. The summed E-state index contributed by atoms with van der Waals surface area (Å²) < 4.78 is 10.7. The first-order valence-corrected chi connectivity index (χ1v) is 10.8. The standard InChI is InChI=1S/C27H24N2O6/c1-16(30)28-18-10-12-19(13-11-18)29-24(21-6-4-5-7-22(21)35-3)23(26(32)27(29)33)25(31)17-8-14-20(34-2)15-9-17/h4-15,24,31H,1-3H3,(H,28,30)/b25-23-. The number of methoxy groups -OCH3 is 2. The molecule has 0 bridgehead atoms. The molecule has 1 aliphatic heterocycles. The van der Waals surface area contributed by atoms with Crippen LogP contribution in [0.3, 0.4) is 0 Å². The zero-order valence-electron chi connectivity index (χ0n) is 19.4. The number of nitrogens with zero attached hydrogens (tertiary/aromatic N) is 1. The van der Waals surface area contributed by atoms with Crippen LogP contribution in [-0.4, -0.2) is 36.9 Å². The maximum absolute atomic E-state index is 13.3. The highest BCUT2D eigenvalue weighted by Crippen LogP contribution is 2.45. The van der Waals surface area contributed by atoms with Crippen LogP contribution < -0.4 is 19.7 Å². The first-order chi connectivity index (χ1) is 16.8. The first kappa shape index (κ1) is 23.6. The van der Waals surface area contributed by atoms with E-state index >= 15 is 0 Å². The molecule has 2 amide bonds. The Morgan fingerprint density at radius 2 is 1.57 bits per heavy atom. The number of hydrogen-bond donors (Lipinski definition) is 2. The summed E-state index contributed by atoms with van der Waals surface area (Å²) in [5.41, 5.74) is 1.81. The van der Waals surface area contributed by atoms with Crippen molar-refractivity contribution in [1.82, 2.24) is 0 Å². The number of anilines is 2. The van der Waals surface area contributed by atoms with Crippen LogP contribution in [0.2, 0.25) is 0 Å². The van der Waals surface area contributed by atoms with Gasteiger partial charge in [0.15, 0.2) is 0 Å². The fourth-order valence-corrected chi connectivity index (χ4v) is 4.10. The van der Waals surface area contributed by atoms with Gasteiger partial charge in [0.05, 0.1) is 25.8 Å². The lowest BCUT2D eigenvalue weighted by molar-refractivity contribution is -0.132. The van der Waals surface area contributed by atoms with Crippen LogP contribution in [0.4, 0.5) is 11.4 Å². The molecule has 0 spiro atoms. The minimum absolute atomic E-state index is 0.0596. The number of hydrogen-bond acceptors (Lipinski definition) is 6. The van der Waals surface area contributed by atoms with Crippen molar-refractivity contribution in [3.05, 3.63) is 89.5 Å². The summed E-state index contributed by atoms with van der Waals surface area (Å²) in [7, 11) is 3.02. The van der Waals surface area contributed by atoms with Crippen molar-refractivity contribution in [2.75, 3.05) is 24.4 Å². The van der Waals surface area contributed by atoms with E-state index in [1.807, 2.05) is 0 Å². The molecule has 3 aromatic carbocycles. The molecule has 35 heavy (non-hydrogen) atoms. The Morgan fingerprint density at radius 1 is 0.914 bits per heavy atom. The Balaban J connectivity index is 1.90. The smallest absolute Gasteiger partial charge is 0.300 e. The Labute approximate surface area is 202 Å². The Morgan fingerprint density at radius 3 is 2.17 bits per heavy atom. The van der Waals surface area contributed by atoms with Gasteiger partial charge in [-0.05, 0) is 54.6 Å². The highest BCUT2D eigenvalue weighted by molar-refractivity contribution is 6.51. The number of para-hydroxylation sites is 1. The molecule has 178 valence electrons. The predicted molar refractivity (Wildman–Crippen MR) is 132 cm³/mol. The molecule has 2 N–H and O–H groups in total. The molecule has 0 aliphatic carbocycles. The average Bonchev–Trinajstić information content (AvgIpc) is 3.13. The van der Waals surface area contributed by atoms with Gasteiger partial charge in [0, 0.05) is 29.4 Å². The Bertz CT molecular complexity index is 1310. The maximum atomic E-state index is 13.3. The SMILES string of the molecule is COc1ccc(/C(O)=C2/C(=O)C(=O)N(c3ccc(NC(C)=O)cc3)C2c2ccccc2OC)cc1. The van der Waals surface area contributed by atoms with Gasteiger partial charge in [-0.15, -0.1) is 0 Å². The molecule has 1 saturated heterocycles. The van der Waals surface area contributed by atoms with Crippen molar-refractivity contribution < 1.29 is 29.0 Å². The van der Waals surface area contributed by atoms with E-state index in [0.29, 0.717) is 34.0 Å². The molecule has 3 aromatic rings. The van der Waals surface area contributed by atoms with Gasteiger partial charge in [-0.2, -0.15) is 0 Å². The van der Waals surface area contributed by atoms with Gasteiger partial charge in [-0.3, -0.25) is 19.3 Å². The number of carbonyl (C=O) groups is 3.